The number of ether oxygens (including phenoxy) is 1. The molecule has 9 nitrogen and oxygen atoms in total. The van der Waals surface area contributed by atoms with Crippen LogP contribution in [0.2, 0.25) is 0 Å². The van der Waals surface area contributed by atoms with Gasteiger partial charge in [-0.15, -0.1) is 0 Å². The summed E-state index contributed by atoms with van der Waals surface area (Å²) < 4.78 is 33.6. The van der Waals surface area contributed by atoms with Gasteiger partial charge < -0.3 is 10.1 Å². The quantitative estimate of drug-likeness (QED) is 0.548. The van der Waals surface area contributed by atoms with Gasteiger partial charge in [0.25, 0.3) is 5.91 Å². The average molecular weight is 489 g/mol. The van der Waals surface area contributed by atoms with Crippen molar-refractivity contribution in [1.29, 1.82) is 0 Å². The smallest absolute Gasteiger partial charge is 0.265 e. The summed E-state index contributed by atoms with van der Waals surface area (Å²) in [5, 5.41) is 3.17. The number of fused-ring (bicyclic) bond motifs is 2. The first-order valence-corrected chi connectivity index (χ1v) is 12.7. The van der Waals surface area contributed by atoms with Crippen LogP contribution in [0, 0.1) is 6.92 Å². The van der Waals surface area contributed by atoms with E-state index >= 15 is 0 Å². The van der Waals surface area contributed by atoms with Crippen molar-refractivity contribution in [2.75, 3.05) is 36.5 Å². The summed E-state index contributed by atoms with van der Waals surface area (Å²) in [6, 6.07) is 10.2. The molecule has 4 rings (SSSR count). The second kappa shape index (κ2) is 9.08. The largest absolute Gasteiger partial charge is 0.482 e. The normalized spacial score (nSPS) is 13.8. The van der Waals surface area contributed by atoms with Gasteiger partial charge in [0.1, 0.15) is 12.3 Å². The molecule has 1 N–H and O–H groups in total. The Balaban J connectivity index is 1.59. The predicted octanol–water partition coefficient (Wildman–Crippen LogP) is 3.00. The van der Waals surface area contributed by atoms with Crippen LogP contribution in [0.4, 0.5) is 10.8 Å². The fraction of sp³-hybridized carbons (Fsp3) is 0.318. The van der Waals surface area contributed by atoms with E-state index in [-0.39, 0.29) is 23.7 Å². The molecule has 2 amide bonds. The lowest BCUT2D eigenvalue weighted by Crippen LogP contribution is -2.43. The fourth-order valence-electron chi connectivity index (χ4n) is 3.62. The van der Waals surface area contributed by atoms with Gasteiger partial charge in [0.2, 0.25) is 15.9 Å². The third-order valence-corrected chi connectivity index (χ3v) is 8.29. The van der Waals surface area contributed by atoms with Crippen molar-refractivity contribution < 1.29 is 22.7 Å². The maximum atomic E-state index is 12.9. The van der Waals surface area contributed by atoms with Crippen molar-refractivity contribution in [3.63, 3.8) is 0 Å². The molecule has 33 heavy (non-hydrogen) atoms. The van der Waals surface area contributed by atoms with Crippen LogP contribution in [0.15, 0.2) is 41.3 Å². The molecule has 0 aliphatic carbocycles. The maximum absolute atomic E-state index is 12.9. The second-order valence-electron chi connectivity index (χ2n) is 7.53. The number of carbonyl (C=O) groups is 2. The summed E-state index contributed by atoms with van der Waals surface area (Å²) in [6.45, 7) is 5.60. The molecule has 0 saturated heterocycles. The van der Waals surface area contributed by atoms with E-state index in [4.69, 9.17) is 4.74 Å². The Morgan fingerprint density at radius 2 is 1.97 bits per heavy atom. The lowest BCUT2D eigenvalue weighted by Gasteiger charge is -2.29. The zero-order valence-corrected chi connectivity index (χ0v) is 20.1. The lowest BCUT2D eigenvalue weighted by molar-refractivity contribution is -0.123. The van der Waals surface area contributed by atoms with E-state index in [2.05, 4.69) is 10.3 Å². The van der Waals surface area contributed by atoms with Crippen molar-refractivity contribution in [3.05, 3.63) is 42.0 Å². The highest BCUT2D eigenvalue weighted by Gasteiger charge is 2.30. The number of nitrogens with one attached hydrogen (secondary N) is 1. The van der Waals surface area contributed by atoms with Crippen LogP contribution in [0.3, 0.4) is 0 Å². The molecular formula is C22H24N4O5S2. The highest BCUT2D eigenvalue weighted by molar-refractivity contribution is 7.89. The molecule has 0 fully saturated rings. The fourth-order valence-corrected chi connectivity index (χ4v) is 6.07. The SMILES string of the molecule is CCN(CC)S(=O)(=O)c1ccc2c(c1)N(CC(=O)Nc1nc3ccc(C)cc3s1)C(=O)CO2. The molecule has 1 aliphatic heterocycles. The molecule has 0 spiro atoms. The Morgan fingerprint density at radius 3 is 2.70 bits per heavy atom. The van der Waals surface area contributed by atoms with Gasteiger partial charge >= 0.3 is 0 Å². The number of sulfonamides is 1. The van der Waals surface area contributed by atoms with E-state index in [1.54, 1.807) is 13.8 Å². The Morgan fingerprint density at radius 1 is 1.21 bits per heavy atom. The van der Waals surface area contributed by atoms with Crippen LogP contribution < -0.4 is 15.0 Å². The summed E-state index contributed by atoms with van der Waals surface area (Å²) in [5.74, 6) is -0.532. The Hall–Kier alpha value is -3.02. The lowest BCUT2D eigenvalue weighted by atomic mass is 10.2. The molecule has 0 unspecified atom stereocenters. The first-order valence-electron chi connectivity index (χ1n) is 10.5. The molecule has 3 aromatic rings. The minimum atomic E-state index is -3.74. The molecule has 0 atom stereocenters. The van der Waals surface area contributed by atoms with Crippen LogP contribution in [0.5, 0.6) is 5.75 Å². The van der Waals surface area contributed by atoms with E-state index in [0.717, 1.165) is 15.8 Å². The maximum Gasteiger partial charge on any atom is 0.265 e. The third kappa shape index (κ3) is 4.56. The Kier molecular flexibility index (Phi) is 6.37. The first kappa shape index (κ1) is 23.1. The molecule has 0 radical (unpaired) electrons. The number of carbonyl (C=O) groups excluding carboxylic acids is 2. The summed E-state index contributed by atoms with van der Waals surface area (Å²) in [7, 11) is -3.74. The minimum Gasteiger partial charge on any atom is -0.482 e. The van der Waals surface area contributed by atoms with Crippen LogP contribution in [0.25, 0.3) is 10.2 Å². The van der Waals surface area contributed by atoms with Gasteiger partial charge in [0.15, 0.2) is 11.7 Å². The van der Waals surface area contributed by atoms with Gasteiger partial charge in [-0.25, -0.2) is 13.4 Å². The van der Waals surface area contributed by atoms with E-state index < -0.39 is 21.8 Å². The number of hydrogen-bond acceptors (Lipinski definition) is 7. The summed E-state index contributed by atoms with van der Waals surface area (Å²) >= 11 is 1.35. The zero-order chi connectivity index (χ0) is 23.8. The summed E-state index contributed by atoms with van der Waals surface area (Å²) in [4.78, 5) is 31.0. The molecule has 1 aromatic heterocycles. The highest BCUT2D eigenvalue weighted by Crippen LogP contribution is 2.35. The molecule has 2 aromatic carbocycles. The number of hydrogen-bond donors (Lipinski definition) is 1. The summed E-state index contributed by atoms with van der Waals surface area (Å²) in [6.07, 6.45) is 0. The number of rotatable bonds is 7. The molecule has 11 heteroatoms. The van der Waals surface area contributed by atoms with Crippen molar-refractivity contribution in [2.45, 2.75) is 25.7 Å². The van der Waals surface area contributed by atoms with Crippen LogP contribution in [0.1, 0.15) is 19.4 Å². The van der Waals surface area contributed by atoms with Crippen LogP contribution >= 0.6 is 11.3 Å². The van der Waals surface area contributed by atoms with Crippen molar-refractivity contribution >= 4 is 54.2 Å². The third-order valence-electron chi connectivity index (χ3n) is 5.31. The van der Waals surface area contributed by atoms with Gasteiger partial charge in [-0.1, -0.05) is 31.3 Å². The number of benzene rings is 2. The van der Waals surface area contributed by atoms with Crippen LogP contribution in [-0.4, -0.2) is 55.8 Å². The molecule has 1 aliphatic rings. The van der Waals surface area contributed by atoms with Gasteiger partial charge in [-0.2, -0.15) is 4.31 Å². The molecule has 2 heterocycles. The first-order chi connectivity index (χ1) is 15.7. The van der Waals surface area contributed by atoms with E-state index in [0.29, 0.717) is 24.0 Å². The topological polar surface area (TPSA) is 109 Å². The Labute approximate surface area is 196 Å². The average Bonchev–Trinajstić information content (AvgIpc) is 3.17. The molecular weight excluding hydrogens is 464 g/mol. The second-order valence-corrected chi connectivity index (χ2v) is 10.5. The highest BCUT2D eigenvalue weighted by atomic mass is 32.2. The molecule has 174 valence electrons. The van der Waals surface area contributed by atoms with Crippen molar-refractivity contribution in [2.24, 2.45) is 0 Å². The van der Waals surface area contributed by atoms with Crippen molar-refractivity contribution in [3.8, 4) is 5.75 Å². The number of amides is 2. The zero-order valence-electron chi connectivity index (χ0n) is 18.5. The molecule has 0 bridgehead atoms. The monoisotopic (exact) mass is 488 g/mol. The van der Waals surface area contributed by atoms with Crippen molar-refractivity contribution in [1.82, 2.24) is 9.29 Å². The standard InChI is InChI=1S/C22H24N4O5S2/c1-4-25(5-2)33(29,30)15-7-9-18-17(11-15)26(21(28)13-31-18)12-20(27)24-22-23-16-8-6-14(3)10-19(16)32-22/h6-11H,4-5,12-13H2,1-3H3,(H,23,24,27). The van der Waals surface area contributed by atoms with E-state index in [1.165, 1.54) is 38.7 Å². The molecule has 0 saturated carbocycles. The summed E-state index contributed by atoms with van der Waals surface area (Å²) in [5.41, 5.74) is 2.12. The number of aryl methyl sites for hydroxylation is 1. The van der Waals surface area contributed by atoms with Gasteiger partial charge in [0, 0.05) is 13.1 Å². The van der Waals surface area contributed by atoms with Gasteiger partial charge in [-0.3, -0.25) is 14.5 Å². The van der Waals surface area contributed by atoms with Gasteiger partial charge in [-0.05, 0) is 42.8 Å². The number of aromatic nitrogens is 1. The van der Waals surface area contributed by atoms with E-state index in [9.17, 15) is 18.0 Å². The number of thiazole rings is 1. The number of anilines is 2. The minimum absolute atomic E-state index is 0.0372. The number of nitrogens with zero attached hydrogens (tertiary/aromatic N) is 3. The van der Waals surface area contributed by atoms with Crippen LogP contribution in [-0.2, 0) is 19.6 Å². The predicted molar refractivity (Wildman–Crippen MR) is 127 cm³/mol. The van der Waals surface area contributed by atoms with E-state index in [1.807, 2.05) is 25.1 Å². The van der Waals surface area contributed by atoms with Gasteiger partial charge in [0.05, 0.1) is 20.8 Å². The Bertz CT molecular complexity index is 1330.